The molecular formula is C17H18ClN3O2. The Morgan fingerprint density at radius 1 is 1.35 bits per heavy atom. The van der Waals surface area contributed by atoms with E-state index in [9.17, 15) is 4.79 Å². The zero-order chi connectivity index (χ0) is 16.6. The number of hydrogen-bond acceptors (Lipinski definition) is 3. The minimum atomic E-state index is -0.536. The molecule has 120 valence electrons. The third-order valence-electron chi connectivity index (χ3n) is 3.76. The van der Waals surface area contributed by atoms with E-state index < -0.39 is 5.91 Å². The number of benzene rings is 1. The first-order valence-corrected chi connectivity index (χ1v) is 7.91. The van der Waals surface area contributed by atoms with Gasteiger partial charge in [0.05, 0.1) is 6.54 Å². The Morgan fingerprint density at radius 2 is 2.13 bits per heavy atom. The number of primary amides is 1. The quantitative estimate of drug-likeness (QED) is 0.774. The monoisotopic (exact) mass is 331 g/mol. The molecule has 2 heterocycles. The van der Waals surface area contributed by atoms with Gasteiger partial charge in [0, 0.05) is 28.1 Å². The Labute approximate surface area is 139 Å². The highest BCUT2D eigenvalue weighted by Gasteiger charge is 2.14. The predicted molar refractivity (Wildman–Crippen MR) is 89.8 cm³/mol. The summed E-state index contributed by atoms with van der Waals surface area (Å²) in [6.45, 7) is 4.46. The number of carbonyl (C=O) groups excluding carboxylic acids is 1. The van der Waals surface area contributed by atoms with Gasteiger partial charge in [0.2, 0.25) is 0 Å². The number of hydrogen-bond donors (Lipinski definition) is 1. The lowest BCUT2D eigenvalue weighted by atomic mass is 10.1. The summed E-state index contributed by atoms with van der Waals surface area (Å²) in [7, 11) is 0. The van der Waals surface area contributed by atoms with Gasteiger partial charge in [-0.25, -0.2) is 0 Å². The maximum absolute atomic E-state index is 11.3. The minimum Gasteiger partial charge on any atom is -0.461 e. The molecule has 0 bridgehead atoms. The van der Waals surface area contributed by atoms with Crippen LogP contribution in [0, 0.1) is 6.92 Å². The first kappa shape index (κ1) is 15.6. The fourth-order valence-electron chi connectivity index (χ4n) is 2.68. The number of carbonyl (C=O) groups is 1. The van der Waals surface area contributed by atoms with Crippen molar-refractivity contribution < 1.29 is 9.21 Å². The van der Waals surface area contributed by atoms with Crippen LogP contribution in [0.3, 0.4) is 0 Å². The van der Waals surface area contributed by atoms with Crippen LogP contribution in [-0.4, -0.2) is 15.7 Å². The highest BCUT2D eigenvalue weighted by molar-refractivity contribution is 6.31. The smallest absolute Gasteiger partial charge is 0.269 e. The Balaban J connectivity index is 2.03. The second-order valence-electron chi connectivity index (χ2n) is 5.64. The number of furan rings is 1. The van der Waals surface area contributed by atoms with Gasteiger partial charge in [-0.3, -0.25) is 9.48 Å². The normalized spacial score (nSPS) is 11.3. The topological polar surface area (TPSA) is 74.1 Å². The summed E-state index contributed by atoms with van der Waals surface area (Å²) < 4.78 is 7.70. The second-order valence-corrected chi connectivity index (χ2v) is 6.08. The van der Waals surface area contributed by atoms with Crippen molar-refractivity contribution in [1.29, 1.82) is 0 Å². The van der Waals surface area contributed by atoms with Crippen molar-refractivity contribution in [2.45, 2.75) is 33.2 Å². The third kappa shape index (κ3) is 3.10. The summed E-state index contributed by atoms with van der Waals surface area (Å²) in [6, 6.07) is 7.47. The molecular weight excluding hydrogens is 314 g/mol. The zero-order valence-electron chi connectivity index (χ0n) is 13.1. The number of halogens is 1. The lowest BCUT2D eigenvalue weighted by Gasteiger charge is -2.06. The molecule has 0 radical (unpaired) electrons. The van der Waals surface area contributed by atoms with Gasteiger partial charge in [0.25, 0.3) is 5.91 Å². The molecule has 0 spiro atoms. The van der Waals surface area contributed by atoms with E-state index in [4.69, 9.17) is 21.8 Å². The van der Waals surface area contributed by atoms with Crippen LogP contribution in [-0.2, 0) is 13.0 Å². The maximum atomic E-state index is 11.3. The van der Waals surface area contributed by atoms with Crippen LogP contribution in [0.4, 0.5) is 0 Å². The summed E-state index contributed by atoms with van der Waals surface area (Å²) in [6.07, 6.45) is 1.90. The molecule has 23 heavy (non-hydrogen) atoms. The fraction of sp³-hybridized carbons (Fsp3) is 0.294. The number of amides is 1. The van der Waals surface area contributed by atoms with Crippen molar-refractivity contribution in [2.24, 2.45) is 5.73 Å². The van der Waals surface area contributed by atoms with E-state index in [0.29, 0.717) is 11.6 Å². The van der Waals surface area contributed by atoms with Gasteiger partial charge in [0.1, 0.15) is 17.0 Å². The number of nitrogens with zero attached hydrogens (tertiary/aromatic N) is 2. The highest BCUT2D eigenvalue weighted by atomic mass is 35.5. The van der Waals surface area contributed by atoms with E-state index in [2.05, 4.69) is 12.0 Å². The summed E-state index contributed by atoms with van der Waals surface area (Å²) in [5.41, 5.74) is 8.14. The molecule has 5 nitrogen and oxygen atoms in total. The molecule has 0 aliphatic carbocycles. The van der Waals surface area contributed by atoms with Crippen LogP contribution in [0.1, 0.15) is 40.9 Å². The first-order valence-electron chi connectivity index (χ1n) is 7.53. The van der Waals surface area contributed by atoms with Crippen molar-refractivity contribution in [2.75, 3.05) is 0 Å². The Bertz CT molecular complexity index is 879. The molecule has 0 saturated carbocycles. The molecule has 1 aromatic carbocycles. The summed E-state index contributed by atoms with van der Waals surface area (Å²) >= 11 is 6.23. The number of fused-ring (bicyclic) bond motifs is 1. The van der Waals surface area contributed by atoms with Crippen molar-refractivity contribution in [3.8, 4) is 0 Å². The molecule has 1 amide bonds. The van der Waals surface area contributed by atoms with Crippen LogP contribution in [0.15, 0.2) is 28.7 Å². The molecule has 0 aliphatic rings. The molecule has 0 fully saturated rings. The van der Waals surface area contributed by atoms with Crippen LogP contribution in [0.5, 0.6) is 0 Å². The Morgan fingerprint density at radius 3 is 2.78 bits per heavy atom. The summed E-state index contributed by atoms with van der Waals surface area (Å²) in [5, 5.41) is 5.87. The average molecular weight is 332 g/mol. The lowest BCUT2D eigenvalue weighted by molar-refractivity contribution is 0.0995. The average Bonchev–Trinajstić information content (AvgIpc) is 3.03. The highest BCUT2D eigenvalue weighted by Crippen LogP contribution is 2.28. The Kier molecular flexibility index (Phi) is 4.13. The fourth-order valence-corrected chi connectivity index (χ4v) is 2.93. The predicted octanol–water partition coefficient (Wildman–Crippen LogP) is 3.69. The first-order chi connectivity index (χ1) is 11.0. The summed E-state index contributed by atoms with van der Waals surface area (Å²) in [5.74, 6) is 0.410. The van der Waals surface area contributed by atoms with Crippen molar-refractivity contribution in [3.05, 3.63) is 52.0 Å². The molecule has 2 N–H and O–H groups in total. The number of aromatic nitrogens is 2. The van der Waals surface area contributed by atoms with Gasteiger partial charge in [-0.05, 0) is 37.6 Å². The van der Waals surface area contributed by atoms with E-state index in [1.165, 1.54) is 0 Å². The van der Waals surface area contributed by atoms with Gasteiger partial charge in [-0.15, -0.1) is 0 Å². The second kappa shape index (κ2) is 6.08. The molecule has 0 atom stereocenters. The van der Waals surface area contributed by atoms with E-state index in [-0.39, 0.29) is 5.69 Å². The van der Waals surface area contributed by atoms with Gasteiger partial charge in [-0.2, -0.15) is 5.10 Å². The largest absolute Gasteiger partial charge is 0.461 e. The van der Waals surface area contributed by atoms with Crippen LogP contribution < -0.4 is 5.73 Å². The van der Waals surface area contributed by atoms with Crippen LogP contribution >= 0.6 is 11.6 Å². The number of aryl methyl sites for hydroxylation is 2. The summed E-state index contributed by atoms with van der Waals surface area (Å²) in [4.78, 5) is 11.3. The standard InChI is InChI=1S/C17H18ClN3O2/c1-3-4-14-8-11-6-13(18)7-12(16(11)23-14)9-21-10(2)5-15(20-21)17(19)22/h5-8H,3-4,9H2,1-2H3,(H2,19,22). The minimum absolute atomic E-state index is 0.256. The third-order valence-corrected chi connectivity index (χ3v) is 3.98. The SMILES string of the molecule is CCCc1cc2cc(Cl)cc(Cn3nc(C(N)=O)cc3C)c2o1. The van der Waals surface area contributed by atoms with Crippen LogP contribution in [0.25, 0.3) is 11.0 Å². The molecule has 0 aliphatic heterocycles. The van der Waals surface area contributed by atoms with Crippen molar-refractivity contribution >= 4 is 28.5 Å². The zero-order valence-corrected chi connectivity index (χ0v) is 13.9. The van der Waals surface area contributed by atoms with E-state index >= 15 is 0 Å². The van der Waals surface area contributed by atoms with Gasteiger partial charge >= 0.3 is 0 Å². The Hall–Kier alpha value is -2.27. The molecule has 0 saturated heterocycles. The van der Waals surface area contributed by atoms with Crippen molar-refractivity contribution in [1.82, 2.24) is 9.78 Å². The van der Waals surface area contributed by atoms with E-state index in [1.807, 2.05) is 25.1 Å². The molecule has 3 aromatic rings. The van der Waals surface area contributed by atoms with Crippen molar-refractivity contribution in [3.63, 3.8) is 0 Å². The number of nitrogens with two attached hydrogens (primary N) is 1. The van der Waals surface area contributed by atoms with E-state index in [1.54, 1.807) is 10.7 Å². The van der Waals surface area contributed by atoms with Crippen LogP contribution in [0.2, 0.25) is 5.02 Å². The molecule has 0 unspecified atom stereocenters. The molecule has 3 rings (SSSR count). The van der Waals surface area contributed by atoms with Gasteiger partial charge in [0.15, 0.2) is 0 Å². The van der Waals surface area contributed by atoms with Gasteiger partial charge < -0.3 is 10.2 Å². The number of rotatable bonds is 5. The van der Waals surface area contributed by atoms with E-state index in [0.717, 1.165) is 40.8 Å². The molecule has 6 heteroatoms. The van der Waals surface area contributed by atoms with Gasteiger partial charge in [-0.1, -0.05) is 18.5 Å². The maximum Gasteiger partial charge on any atom is 0.269 e. The lowest BCUT2D eigenvalue weighted by Crippen LogP contribution is -2.13. The molecule has 2 aromatic heterocycles.